The van der Waals surface area contributed by atoms with Crippen molar-refractivity contribution in [2.75, 3.05) is 18.9 Å². The molecule has 4 rings (SSSR count). The number of carbonyl (C=O) groups is 2. The SMILES string of the molecule is C#C[C@]1(CO[P@](=O)(NC(Cc2ccccc2)C(=O)O)OC(C)C(=O)OCCCCCCCCCCCC)O[C@@H](n2cnc3c(N)nc(F)nc32)C[C@@H]1O. The van der Waals surface area contributed by atoms with Crippen LogP contribution in [0.25, 0.3) is 11.2 Å². The fraction of sp³-hybridized carbons (Fsp3) is 0.583. The number of halogens is 1. The Bertz CT molecular complexity index is 1740. The van der Waals surface area contributed by atoms with Crippen LogP contribution in [0.1, 0.15) is 96.3 Å². The zero-order valence-electron chi connectivity index (χ0n) is 30.2. The van der Waals surface area contributed by atoms with Gasteiger partial charge in [0.05, 0.1) is 12.9 Å². The molecule has 1 aliphatic rings. The highest BCUT2D eigenvalue weighted by molar-refractivity contribution is 7.51. The molecule has 5 N–H and O–H groups in total. The number of ether oxygens (including phenoxy) is 2. The number of esters is 1. The van der Waals surface area contributed by atoms with Crippen LogP contribution in [0.15, 0.2) is 36.7 Å². The summed E-state index contributed by atoms with van der Waals surface area (Å²) >= 11 is 0. The van der Waals surface area contributed by atoms with E-state index in [9.17, 15) is 28.8 Å². The van der Waals surface area contributed by atoms with E-state index < -0.39 is 62.4 Å². The zero-order chi connectivity index (χ0) is 38.4. The lowest BCUT2D eigenvalue weighted by atomic mass is 9.99. The lowest BCUT2D eigenvalue weighted by molar-refractivity contribution is -0.152. The Hall–Kier alpha value is -3.97. The molecule has 1 aliphatic heterocycles. The molecule has 15 nitrogen and oxygen atoms in total. The van der Waals surface area contributed by atoms with Crippen molar-refractivity contribution in [1.82, 2.24) is 24.6 Å². The Labute approximate surface area is 308 Å². The van der Waals surface area contributed by atoms with Gasteiger partial charge in [-0.25, -0.2) is 19.4 Å². The van der Waals surface area contributed by atoms with E-state index in [2.05, 4.69) is 32.9 Å². The number of nitrogens with two attached hydrogens (primary N) is 1. The molecule has 17 heteroatoms. The van der Waals surface area contributed by atoms with E-state index in [-0.39, 0.29) is 36.4 Å². The van der Waals surface area contributed by atoms with Crippen LogP contribution in [-0.4, -0.2) is 78.7 Å². The number of hydrogen-bond donors (Lipinski definition) is 4. The van der Waals surface area contributed by atoms with Gasteiger partial charge in [-0.05, 0) is 25.3 Å². The first-order valence-electron chi connectivity index (χ1n) is 18.0. The second kappa shape index (κ2) is 19.9. The molecule has 2 unspecified atom stereocenters. The van der Waals surface area contributed by atoms with Crippen LogP contribution in [0, 0.1) is 18.4 Å². The summed E-state index contributed by atoms with van der Waals surface area (Å²) in [5, 5.41) is 23.6. The minimum Gasteiger partial charge on any atom is -0.480 e. The number of aliphatic hydroxyl groups is 1. The molecule has 0 aliphatic carbocycles. The van der Waals surface area contributed by atoms with Gasteiger partial charge in [0.1, 0.15) is 25.0 Å². The summed E-state index contributed by atoms with van der Waals surface area (Å²) in [5.74, 6) is -0.0661. The molecule has 6 atom stereocenters. The van der Waals surface area contributed by atoms with Gasteiger partial charge >= 0.3 is 25.8 Å². The average molecular weight is 761 g/mol. The number of aliphatic hydroxyl groups excluding tert-OH is 1. The topological polar surface area (TPSA) is 210 Å². The summed E-state index contributed by atoms with van der Waals surface area (Å²) in [7, 11) is -4.74. The summed E-state index contributed by atoms with van der Waals surface area (Å²) in [6.45, 7) is 2.84. The fourth-order valence-corrected chi connectivity index (χ4v) is 7.63. The summed E-state index contributed by atoms with van der Waals surface area (Å²) in [4.78, 5) is 36.6. The number of rotatable bonds is 23. The second-order valence-corrected chi connectivity index (χ2v) is 14.9. The number of aliphatic carboxylic acids is 1. The van der Waals surface area contributed by atoms with Gasteiger partial charge in [-0.3, -0.25) is 18.4 Å². The summed E-state index contributed by atoms with van der Waals surface area (Å²) in [6.07, 6.45) is 12.8. The predicted molar refractivity (Wildman–Crippen MR) is 194 cm³/mol. The molecule has 0 radical (unpaired) electrons. The first kappa shape index (κ1) is 41.8. The number of benzene rings is 1. The molecule has 1 aromatic carbocycles. The van der Waals surface area contributed by atoms with E-state index in [0.717, 1.165) is 19.3 Å². The third-order valence-corrected chi connectivity index (χ3v) is 10.7. The number of hydrogen-bond acceptors (Lipinski definition) is 12. The summed E-state index contributed by atoms with van der Waals surface area (Å²) in [5.41, 5.74) is 4.49. The van der Waals surface area contributed by atoms with Gasteiger partial charge in [-0.2, -0.15) is 14.4 Å². The Morgan fingerprint density at radius 2 is 1.81 bits per heavy atom. The van der Waals surface area contributed by atoms with Crippen LogP contribution in [0.5, 0.6) is 0 Å². The molecule has 3 heterocycles. The molecular weight excluding hydrogens is 710 g/mol. The highest BCUT2D eigenvalue weighted by Crippen LogP contribution is 2.49. The van der Waals surface area contributed by atoms with E-state index in [1.807, 2.05) is 0 Å². The van der Waals surface area contributed by atoms with Crippen LogP contribution < -0.4 is 10.8 Å². The standard InChI is InChI=1S/C36H50FN6O9P/c1-4-6-7-8-9-10-11-12-13-17-20-49-34(47)25(3)52-53(48,42-27(33(45)46)21-26-18-15-14-16-19-26)50-23-36(5-2)28(44)22-29(51-36)43-24-39-30-31(38)40-35(37)41-32(30)43/h2,14-16,18-19,24-25,27-29,44H,4,6-13,17,20-23H2,1,3H3,(H,42,48)(H,45,46)(H2,38,40,41)/t25?,27?,28-,29+,36+,53+/m0/s1. The molecule has 0 spiro atoms. The lowest BCUT2D eigenvalue weighted by Gasteiger charge is -2.30. The third kappa shape index (κ3) is 11.8. The van der Waals surface area contributed by atoms with E-state index in [0.29, 0.717) is 12.0 Å². The fourth-order valence-electron chi connectivity index (χ4n) is 5.98. The van der Waals surface area contributed by atoms with Gasteiger partial charge in [0.25, 0.3) is 0 Å². The minimum absolute atomic E-state index is 0.0213. The largest absolute Gasteiger partial charge is 0.480 e. The van der Waals surface area contributed by atoms with Crippen LogP contribution in [0.3, 0.4) is 0 Å². The van der Waals surface area contributed by atoms with Crippen molar-refractivity contribution in [3.05, 3.63) is 48.3 Å². The number of nitrogen functional groups attached to an aromatic ring is 1. The number of carboxylic acids is 1. The lowest BCUT2D eigenvalue weighted by Crippen LogP contribution is -2.44. The number of anilines is 1. The van der Waals surface area contributed by atoms with Crippen molar-refractivity contribution in [2.24, 2.45) is 0 Å². The molecule has 0 saturated carbocycles. The Morgan fingerprint density at radius 3 is 2.45 bits per heavy atom. The Morgan fingerprint density at radius 1 is 1.15 bits per heavy atom. The molecular formula is C36H50FN6O9P. The van der Waals surface area contributed by atoms with Crippen molar-refractivity contribution in [2.45, 2.75) is 121 Å². The number of imidazole rings is 1. The normalized spacial score (nSPS) is 20.8. The molecule has 1 saturated heterocycles. The van der Waals surface area contributed by atoms with Crippen LogP contribution >= 0.6 is 7.75 Å². The highest BCUT2D eigenvalue weighted by atomic mass is 31.2. The molecule has 0 bridgehead atoms. The number of carboxylic acid groups (broad SMARTS) is 1. The van der Waals surface area contributed by atoms with Crippen LogP contribution in [-0.2, 0) is 39.1 Å². The average Bonchev–Trinajstić information content (AvgIpc) is 3.70. The number of terminal acetylenes is 1. The quantitative estimate of drug-likeness (QED) is 0.0310. The Balaban J connectivity index is 1.42. The van der Waals surface area contributed by atoms with Gasteiger partial charge in [-0.15, -0.1) is 6.42 Å². The number of fused-ring (bicyclic) bond motifs is 1. The smallest absolute Gasteiger partial charge is 0.407 e. The third-order valence-electron chi connectivity index (χ3n) is 9.00. The van der Waals surface area contributed by atoms with Crippen molar-refractivity contribution in [1.29, 1.82) is 0 Å². The number of carbonyl (C=O) groups excluding carboxylic acids is 1. The number of nitrogens with zero attached hydrogens (tertiary/aromatic N) is 4. The maximum absolute atomic E-state index is 14.4. The van der Waals surface area contributed by atoms with Gasteiger partial charge in [0.2, 0.25) is 0 Å². The predicted octanol–water partition coefficient (Wildman–Crippen LogP) is 5.48. The van der Waals surface area contributed by atoms with Crippen molar-refractivity contribution in [3.8, 4) is 12.3 Å². The van der Waals surface area contributed by atoms with E-state index in [4.69, 9.17) is 30.7 Å². The Kier molecular flexibility index (Phi) is 15.7. The number of nitrogens with one attached hydrogen (secondary N) is 1. The number of aromatic nitrogens is 4. The van der Waals surface area contributed by atoms with E-state index >= 15 is 0 Å². The number of unbranched alkanes of at least 4 members (excludes halogenated alkanes) is 9. The van der Waals surface area contributed by atoms with E-state index in [1.165, 1.54) is 56.3 Å². The monoisotopic (exact) mass is 760 g/mol. The van der Waals surface area contributed by atoms with Gasteiger partial charge in [0, 0.05) is 6.42 Å². The van der Waals surface area contributed by atoms with Crippen molar-refractivity contribution in [3.63, 3.8) is 0 Å². The van der Waals surface area contributed by atoms with Crippen LogP contribution in [0.4, 0.5) is 10.2 Å². The first-order valence-corrected chi connectivity index (χ1v) is 19.6. The van der Waals surface area contributed by atoms with Gasteiger partial charge < -0.3 is 25.4 Å². The van der Waals surface area contributed by atoms with Crippen molar-refractivity contribution < 1.29 is 47.3 Å². The first-order chi connectivity index (χ1) is 25.4. The van der Waals surface area contributed by atoms with Gasteiger partial charge in [0.15, 0.2) is 28.7 Å². The maximum atomic E-state index is 14.4. The molecule has 1 fully saturated rings. The van der Waals surface area contributed by atoms with E-state index in [1.54, 1.807) is 30.3 Å². The summed E-state index contributed by atoms with van der Waals surface area (Å²) < 4.78 is 52.4. The zero-order valence-corrected chi connectivity index (χ0v) is 31.1. The van der Waals surface area contributed by atoms with Crippen LogP contribution in [0.2, 0.25) is 0 Å². The van der Waals surface area contributed by atoms with Crippen molar-refractivity contribution >= 4 is 36.7 Å². The second-order valence-electron chi connectivity index (χ2n) is 13.1. The molecule has 0 amide bonds. The molecule has 2 aromatic heterocycles. The maximum Gasteiger partial charge on any atom is 0.407 e. The molecule has 3 aromatic rings. The molecule has 53 heavy (non-hydrogen) atoms. The summed E-state index contributed by atoms with van der Waals surface area (Å²) in [6, 6.07) is 7.09. The van der Waals surface area contributed by atoms with Gasteiger partial charge in [-0.1, -0.05) is 101 Å². The highest BCUT2D eigenvalue weighted by Gasteiger charge is 2.50. The molecule has 290 valence electrons. The minimum atomic E-state index is -4.74.